The number of hydrogen-bond acceptors (Lipinski definition) is 5. The number of carbonyl (C=O) groups excluding carboxylic acids is 2. The van der Waals surface area contributed by atoms with Crippen molar-refractivity contribution >= 4 is 34.6 Å². The Bertz CT molecular complexity index is 798. The van der Waals surface area contributed by atoms with Crippen molar-refractivity contribution in [3.05, 3.63) is 52.5 Å². The van der Waals surface area contributed by atoms with E-state index in [9.17, 15) is 9.59 Å². The van der Waals surface area contributed by atoms with E-state index in [2.05, 4.69) is 27.9 Å². The summed E-state index contributed by atoms with van der Waals surface area (Å²) >= 11 is 0.971. The molecule has 2 aromatic rings. The highest BCUT2D eigenvalue weighted by Gasteiger charge is 2.26. The fourth-order valence-electron chi connectivity index (χ4n) is 2.65. The van der Waals surface area contributed by atoms with Crippen molar-refractivity contribution in [3.63, 3.8) is 0 Å². The summed E-state index contributed by atoms with van der Waals surface area (Å²) in [6, 6.07) is 10.1. The van der Waals surface area contributed by atoms with Gasteiger partial charge in [-0.3, -0.25) is 9.59 Å². The summed E-state index contributed by atoms with van der Waals surface area (Å²) in [5.41, 5.74) is 8.62. The Kier molecular flexibility index (Phi) is 4.61. The highest BCUT2D eigenvalue weighted by Crippen LogP contribution is 2.27. The standard InChI is InChI=1S/C17H18N4O2S/c1-19-16(22)14-13(18)15(24-20-14)17(23)21-9-7-12(8-10-21)11-5-3-2-4-6-11/h2-7H,8-10,18H2,1H3,(H,19,22). The molecule has 1 aromatic heterocycles. The molecule has 6 nitrogen and oxygen atoms in total. The number of nitrogens with one attached hydrogen (secondary N) is 1. The maximum Gasteiger partial charge on any atom is 0.272 e. The van der Waals surface area contributed by atoms with Gasteiger partial charge in [0.2, 0.25) is 0 Å². The molecule has 124 valence electrons. The summed E-state index contributed by atoms with van der Waals surface area (Å²) in [5, 5.41) is 2.47. The second kappa shape index (κ2) is 6.84. The lowest BCUT2D eigenvalue weighted by Gasteiger charge is -2.26. The van der Waals surface area contributed by atoms with E-state index in [1.165, 1.54) is 18.2 Å². The first kappa shape index (κ1) is 16.2. The number of nitrogens with two attached hydrogens (primary N) is 1. The van der Waals surface area contributed by atoms with Gasteiger partial charge >= 0.3 is 0 Å². The Hall–Kier alpha value is -2.67. The zero-order valence-corrected chi connectivity index (χ0v) is 14.1. The average Bonchev–Trinajstić information content (AvgIpc) is 3.03. The molecule has 1 aromatic carbocycles. The van der Waals surface area contributed by atoms with Crippen molar-refractivity contribution in [2.24, 2.45) is 0 Å². The monoisotopic (exact) mass is 342 g/mol. The van der Waals surface area contributed by atoms with Crippen LogP contribution in [0.25, 0.3) is 5.57 Å². The number of benzene rings is 1. The van der Waals surface area contributed by atoms with E-state index in [1.807, 2.05) is 18.2 Å². The van der Waals surface area contributed by atoms with E-state index in [-0.39, 0.29) is 23.2 Å². The fourth-order valence-corrected chi connectivity index (χ4v) is 3.41. The molecule has 0 fully saturated rings. The highest BCUT2D eigenvalue weighted by molar-refractivity contribution is 7.09. The smallest absolute Gasteiger partial charge is 0.272 e. The third-order valence-electron chi connectivity index (χ3n) is 4.01. The van der Waals surface area contributed by atoms with Crippen LogP contribution in [0.2, 0.25) is 0 Å². The summed E-state index contributed by atoms with van der Waals surface area (Å²) in [6.45, 7) is 1.14. The molecule has 2 amide bonds. The summed E-state index contributed by atoms with van der Waals surface area (Å²) in [7, 11) is 1.50. The second-order valence-corrected chi connectivity index (χ2v) is 6.22. The van der Waals surface area contributed by atoms with Gasteiger partial charge in [0.25, 0.3) is 11.8 Å². The fraction of sp³-hybridized carbons (Fsp3) is 0.235. The first-order chi connectivity index (χ1) is 11.6. The van der Waals surface area contributed by atoms with E-state index >= 15 is 0 Å². The molecule has 0 saturated heterocycles. The minimum atomic E-state index is -0.382. The Morgan fingerprint density at radius 3 is 2.67 bits per heavy atom. The van der Waals surface area contributed by atoms with E-state index in [0.717, 1.165) is 18.0 Å². The summed E-state index contributed by atoms with van der Waals surface area (Å²) < 4.78 is 4.01. The SMILES string of the molecule is CNC(=O)c1nsc(C(=O)N2CC=C(c3ccccc3)CC2)c1N. The molecule has 1 aliphatic heterocycles. The second-order valence-electron chi connectivity index (χ2n) is 5.45. The third-order valence-corrected chi connectivity index (χ3v) is 4.86. The van der Waals surface area contributed by atoms with Gasteiger partial charge < -0.3 is 16.0 Å². The Morgan fingerprint density at radius 1 is 1.29 bits per heavy atom. The van der Waals surface area contributed by atoms with Gasteiger partial charge in [-0.25, -0.2) is 0 Å². The Labute approximate surface area is 144 Å². The maximum absolute atomic E-state index is 12.6. The topological polar surface area (TPSA) is 88.3 Å². The number of hydrogen-bond donors (Lipinski definition) is 2. The van der Waals surface area contributed by atoms with E-state index in [0.29, 0.717) is 18.0 Å². The van der Waals surface area contributed by atoms with Crippen LogP contribution in [0.5, 0.6) is 0 Å². The van der Waals surface area contributed by atoms with Gasteiger partial charge in [0, 0.05) is 20.1 Å². The van der Waals surface area contributed by atoms with Crippen molar-refractivity contribution < 1.29 is 9.59 Å². The van der Waals surface area contributed by atoms with Crippen LogP contribution in [0.4, 0.5) is 5.69 Å². The van der Waals surface area contributed by atoms with Gasteiger partial charge in [0.15, 0.2) is 5.69 Å². The largest absolute Gasteiger partial charge is 0.395 e. The Morgan fingerprint density at radius 2 is 2.04 bits per heavy atom. The van der Waals surface area contributed by atoms with Crippen LogP contribution in [-0.2, 0) is 0 Å². The number of amides is 2. The molecule has 3 N–H and O–H groups in total. The summed E-state index contributed by atoms with van der Waals surface area (Å²) in [4.78, 5) is 26.4. The molecule has 1 aliphatic rings. The lowest BCUT2D eigenvalue weighted by atomic mass is 9.99. The summed E-state index contributed by atoms with van der Waals surface area (Å²) in [6.07, 6.45) is 2.85. The molecule has 7 heteroatoms. The van der Waals surface area contributed by atoms with Gasteiger partial charge in [-0.1, -0.05) is 36.4 Å². The first-order valence-electron chi connectivity index (χ1n) is 7.62. The van der Waals surface area contributed by atoms with Crippen LogP contribution in [-0.4, -0.2) is 41.2 Å². The lowest BCUT2D eigenvalue weighted by molar-refractivity contribution is 0.0778. The first-order valence-corrected chi connectivity index (χ1v) is 8.40. The molecule has 2 heterocycles. The van der Waals surface area contributed by atoms with E-state index in [1.54, 1.807) is 4.90 Å². The minimum Gasteiger partial charge on any atom is -0.395 e. The molecule has 3 rings (SSSR count). The molecule has 0 saturated carbocycles. The Balaban J connectivity index is 1.75. The number of anilines is 1. The summed E-state index contributed by atoms with van der Waals surface area (Å²) in [5.74, 6) is -0.559. The molecular weight excluding hydrogens is 324 g/mol. The number of aromatic nitrogens is 1. The molecule has 0 radical (unpaired) electrons. The van der Waals surface area contributed by atoms with Crippen LogP contribution >= 0.6 is 11.5 Å². The molecule has 0 aliphatic carbocycles. The number of nitrogens with zero attached hydrogens (tertiary/aromatic N) is 2. The van der Waals surface area contributed by atoms with Gasteiger partial charge in [0.05, 0.1) is 5.69 Å². The van der Waals surface area contributed by atoms with Gasteiger partial charge in [-0.05, 0) is 29.1 Å². The lowest BCUT2D eigenvalue weighted by Crippen LogP contribution is -2.34. The van der Waals surface area contributed by atoms with Crippen LogP contribution in [0.3, 0.4) is 0 Å². The molecule has 0 unspecified atom stereocenters. The van der Waals surface area contributed by atoms with Crippen LogP contribution < -0.4 is 11.1 Å². The molecule has 0 bridgehead atoms. The zero-order valence-electron chi connectivity index (χ0n) is 13.3. The van der Waals surface area contributed by atoms with Crippen LogP contribution in [0.1, 0.15) is 32.1 Å². The third kappa shape index (κ3) is 3.03. The molecule has 24 heavy (non-hydrogen) atoms. The van der Waals surface area contributed by atoms with Crippen molar-refractivity contribution in [3.8, 4) is 0 Å². The molecular formula is C17H18N4O2S. The van der Waals surface area contributed by atoms with Crippen molar-refractivity contribution in [2.45, 2.75) is 6.42 Å². The van der Waals surface area contributed by atoms with E-state index in [4.69, 9.17) is 5.73 Å². The average molecular weight is 342 g/mol. The van der Waals surface area contributed by atoms with Crippen molar-refractivity contribution in [1.82, 2.24) is 14.6 Å². The zero-order chi connectivity index (χ0) is 17.1. The molecule has 0 atom stereocenters. The normalized spacial score (nSPS) is 14.2. The number of nitrogen functional groups attached to an aromatic ring is 1. The van der Waals surface area contributed by atoms with Crippen molar-refractivity contribution in [2.75, 3.05) is 25.9 Å². The van der Waals surface area contributed by atoms with Crippen molar-refractivity contribution in [1.29, 1.82) is 0 Å². The van der Waals surface area contributed by atoms with Gasteiger partial charge in [0.1, 0.15) is 4.88 Å². The van der Waals surface area contributed by atoms with E-state index < -0.39 is 0 Å². The number of carbonyl (C=O) groups is 2. The molecule has 0 spiro atoms. The quantitative estimate of drug-likeness (QED) is 0.893. The highest BCUT2D eigenvalue weighted by atomic mass is 32.1. The van der Waals surface area contributed by atoms with Gasteiger partial charge in [-0.15, -0.1) is 0 Å². The maximum atomic E-state index is 12.6. The number of rotatable bonds is 3. The van der Waals surface area contributed by atoms with Crippen LogP contribution in [0, 0.1) is 0 Å². The van der Waals surface area contributed by atoms with Gasteiger partial charge in [-0.2, -0.15) is 4.37 Å². The predicted octanol–water partition coefficient (Wildman–Crippen LogP) is 2.01. The predicted molar refractivity (Wildman–Crippen MR) is 94.9 cm³/mol. The minimum absolute atomic E-state index is 0.114. The van der Waals surface area contributed by atoms with Crippen LogP contribution in [0.15, 0.2) is 36.4 Å².